The fourth-order valence-electron chi connectivity index (χ4n) is 1.20. The summed E-state index contributed by atoms with van der Waals surface area (Å²) in [6, 6.07) is 0. The first-order chi connectivity index (χ1) is 8.24. The molecular formula is C14H16N2O. The highest BCUT2D eigenvalue weighted by atomic mass is 16.4. The number of allylic oxidation sites excluding steroid dienone is 10. The molecule has 0 spiro atoms. The van der Waals surface area contributed by atoms with Gasteiger partial charge in [-0.05, 0) is 6.92 Å². The van der Waals surface area contributed by atoms with Gasteiger partial charge in [0.15, 0.2) is 5.84 Å². The Bertz CT molecular complexity index is 461. The van der Waals surface area contributed by atoms with Crippen molar-refractivity contribution >= 4 is 5.84 Å². The van der Waals surface area contributed by atoms with Crippen LogP contribution in [0.15, 0.2) is 77.1 Å². The Morgan fingerprint density at radius 3 is 2.35 bits per heavy atom. The van der Waals surface area contributed by atoms with Gasteiger partial charge in [-0.3, -0.25) is 0 Å². The van der Waals surface area contributed by atoms with Crippen LogP contribution in [0.25, 0.3) is 0 Å². The number of hydrogen-bond acceptors (Lipinski definition) is 2. The lowest BCUT2D eigenvalue weighted by Crippen LogP contribution is -2.13. The molecule has 3 nitrogen and oxygen atoms in total. The number of oxime groups is 1. The van der Waals surface area contributed by atoms with E-state index < -0.39 is 0 Å². The topological polar surface area (TPSA) is 58.6 Å². The van der Waals surface area contributed by atoms with Gasteiger partial charge in [0, 0.05) is 5.57 Å². The van der Waals surface area contributed by atoms with Crippen molar-refractivity contribution in [3.63, 3.8) is 0 Å². The average Bonchev–Trinajstić information content (AvgIpc) is 2.32. The van der Waals surface area contributed by atoms with Crippen molar-refractivity contribution in [3.8, 4) is 0 Å². The van der Waals surface area contributed by atoms with E-state index in [2.05, 4.69) is 5.16 Å². The third-order valence-corrected chi connectivity index (χ3v) is 2.12. The van der Waals surface area contributed by atoms with Crippen LogP contribution >= 0.6 is 0 Å². The maximum Gasteiger partial charge on any atom is 0.170 e. The molecule has 0 saturated carbocycles. The van der Waals surface area contributed by atoms with E-state index >= 15 is 0 Å². The summed E-state index contributed by atoms with van der Waals surface area (Å²) >= 11 is 0. The van der Waals surface area contributed by atoms with Gasteiger partial charge in [0.1, 0.15) is 0 Å². The van der Waals surface area contributed by atoms with Gasteiger partial charge in [0.2, 0.25) is 0 Å². The zero-order valence-corrected chi connectivity index (χ0v) is 9.75. The fourth-order valence-corrected chi connectivity index (χ4v) is 1.20. The van der Waals surface area contributed by atoms with Gasteiger partial charge in [-0.25, -0.2) is 0 Å². The second-order valence-electron chi connectivity index (χ2n) is 3.51. The zero-order chi connectivity index (χ0) is 12.5. The predicted molar refractivity (Wildman–Crippen MR) is 71.8 cm³/mol. The summed E-state index contributed by atoms with van der Waals surface area (Å²) < 4.78 is 0. The van der Waals surface area contributed by atoms with Crippen molar-refractivity contribution < 1.29 is 5.21 Å². The van der Waals surface area contributed by atoms with Crippen molar-refractivity contribution in [1.82, 2.24) is 0 Å². The number of amidine groups is 1. The van der Waals surface area contributed by atoms with Crippen LogP contribution < -0.4 is 5.73 Å². The highest BCUT2D eigenvalue weighted by Crippen LogP contribution is 2.02. The Hall–Kier alpha value is -2.29. The lowest BCUT2D eigenvalue weighted by Gasteiger charge is -1.97. The molecule has 1 aliphatic rings. The molecule has 0 aromatic rings. The van der Waals surface area contributed by atoms with Crippen molar-refractivity contribution in [2.24, 2.45) is 10.9 Å². The van der Waals surface area contributed by atoms with Gasteiger partial charge in [0.25, 0.3) is 0 Å². The fraction of sp³-hybridized carbons (Fsp3) is 0.0714. The third-order valence-electron chi connectivity index (χ3n) is 2.12. The van der Waals surface area contributed by atoms with Crippen LogP contribution in [0, 0.1) is 0 Å². The molecular weight excluding hydrogens is 212 g/mol. The van der Waals surface area contributed by atoms with Gasteiger partial charge in [-0.1, -0.05) is 71.5 Å². The summed E-state index contributed by atoms with van der Waals surface area (Å²) in [5.41, 5.74) is 7.37. The van der Waals surface area contributed by atoms with Gasteiger partial charge >= 0.3 is 0 Å². The molecule has 0 bridgehead atoms. The number of nitrogens with two attached hydrogens (primary N) is 1. The Balaban J connectivity index is 3.01. The van der Waals surface area contributed by atoms with Gasteiger partial charge in [-0.15, -0.1) is 0 Å². The number of nitrogens with zero attached hydrogens (tertiary/aromatic N) is 1. The molecule has 0 aliphatic heterocycles. The quantitative estimate of drug-likeness (QED) is 0.314. The van der Waals surface area contributed by atoms with Crippen LogP contribution in [-0.4, -0.2) is 11.0 Å². The van der Waals surface area contributed by atoms with E-state index in [-0.39, 0.29) is 5.84 Å². The third kappa shape index (κ3) is 4.84. The maximum absolute atomic E-state index is 8.63. The Morgan fingerprint density at radius 2 is 1.65 bits per heavy atom. The molecule has 88 valence electrons. The van der Waals surface area contributed by atoms with Crippen LogP contribution in [0.4, 0.5) is 0 Å². The molecule has 17 heavy (non-hydrogen) atoms. The van der Waals surface area contributed by atoms with E-state index in [1.165, 1.54) is 5.57 Å². The minimum atomic E-state index is 0.0899. The second kappa shape index (κ2) is 7.06. The Morgan fingerprint density at radius 1 is 1.00 bits per heavy atom. The summed E-state index contributed by atoms with van der Waals surface area (Å²) in [6.45, 7) is 2.03. The molecule has 0 unspecified atom stereocenters. The zero-order valence-electron chi connectivity index (χ0n) is 9.75. The molecule has 0 radical (unpaired) electrons. The molecule has 3 N–H and O–H groups in total. The Kier molecular flexibility index (Phi) is 5.31. The van der Waals surface area contributed by atoms with Crippen LogP contribution in [0.1, 0.15) is 6.92 Å². The van der Waals surface area contributed by atoms with E-state index in [0.717, 1.165) is 0 Å². The summed E-state index contributed by atoms with van der Waals surface area (Å²) in [4.78, 5) is 0. The first-order valence-corrected chi connectivity index (χ1v) is 5.28. The van der Waals surface area contributed by atoms with E-state index in [4.69, 9.17) is 10.9 Å². The van der Waals surface area contributed by atoms with E-state index in [1.807, 2.05) is 55.5 Å². The van der Waals surface area contributed by atoms with Crippen molar-refractivity contribution in [3.05, 3.63) is 71.9 Å². The molecule has 0 saturated heterocycles. The lowest BCUT2D eigenvalue weighted by atomic mass is 10.2. The summed E-state index contributed by atoms with van der Waals surface area (Å²) in [5.74, 6) is 0.0899. The van der Waals surface area contributed by atoms with Crippen LogP contribution in [0.2, 0.25) is 0 Å². The van der Waals surface area contributed by atoms with Gasteiger partial charge in [-0.2, -0.15) is 0 Å². The highest BCUT2D eigenvalue weighted by molar-refractivity contribution is 5.99. The Labute approximate surface area is 101 Å². The molecule has 0 aromatic carbocycles. The normalized spacial score (nSPS) is 25.8. The standard InChI is InChI=1S/C14H16N2O/c1-12-8-4-2-6-10-13(14(15)16-17)11-7-3-5-9-12/h2-11,17H,1H3,(H2,15,16)/b4-2-,5-3?,6-2?,7-3-,8-4?,9-5?,10-6-,11-7?,12-8?,12-9?,13-10?,13-11+. The maximum atomic E-state index is 8.63. The van der Waals surface area contributed by atoms with Crippen molar-refractivity contribution in [2.45, 2.75) is 6.92 Å². The molecule has 1 rings (SSSR count). The molecule has 0 amide bonds. The first kappa shape index (κ1) is 12.8. The lowest BCUT2D eigenvalue weighted by molar-refractivity contribution is 0.318. The minimum Gasteiger partial charge on any atom is -0.409 e. The van der Waals surface area contributed by atoms with Crippen molar-refractivity contribution in [2.75, 3.05) is 0 Å². The van der Waals surface area contributed by atoms with E-state index in [0.29, 0.717) is 5.57 Å². The largest absolute Gasteiger partial charge is 0.409 e. The number of hydrogen-bond donors (Lipinski definition) is 2. The van der Waals surface area contributed by atoms with E-state index in [9.17, 15) is 0 Å². The molecule has 0 fully saturated rings. The smallest absolute Gasteiger partial charge is 0.170 e. The number of rotatable bonds is 1. The monoisotopic (exact) mass is 228 g/mol. The van der Waals surface area contributed by atoms with E-state index in [1.54, 1.807) is 12.2 Å². The summed E-state index contributed by atoms with van der Waals surface area (Å²) in [6.07, 6.45) is 18.9. The first-order valence-electron chi connectivity index (χ1n) is 5.28. The van der Waals surface area contributed by atoms with Gasteiger partial charge < -0.3 is 10.9 Å². The molecule has 0 heterocycles. The minimum absolute atomic E-state index is 0.0899. The molecule has 0 atom stereocenters. The summed E-state index contributed by atoms with van der Waals surface area (Å²) in [7, 11) is 0. The average molecular weight is 228 g/mol. The molecule has 0 aromatic heterocycles. The van der Waals surface area contributed by atoms with Crippen LogP contribution in [-0.2, 0) is 0 Å². The molecule has 3 heteroatoms. The SMILES string of the molecule is CC1=C/C=C\C=C/C(C(/N)=N/O)=C\C=C/C=C1. The second-order valence-corrected chi connectivity index (χ2v) is 3.51. The van der Waals surface area contributed by atoms with Crippen LogP contribution in [0.3, 0.4) is 0 Å². The molecule has 1 aliphatic carbocycles. The predicted octanol–water partition coefficient (Wildman–Crippen LogP) is 2.84. The highest BCUT2D eigenvalue weighted by Gasteiger charge is 1.96. The summed E-state index contributed by atoms with van der Waals surface area (Å²) in [5, 5.41) is 11.6. The van der Waals surface area contributed by atoms with Gasteiger partial charge in [0.05, 0.1) is 0 Å². The van der Waals surface area contributed by atoms with Crippen molar-refractivity contribution in [1.29, 1.82) is 0 Å². The van der Waals surface area contributed by atoms with Crippen LogP contribution in [0.5, 0.6) is 0 Å².